The molecule has 104 valence electrons. The van der Waals surface area contributed by atoms with Crippen molar-refractivity contribution in [1.29, 1.82) is 0 Å². The number of rotatable bonds is 3. The number of halogens is 3. The Kier molecular flexibility index (Phi) is 4.13. The van der Waals surface area contributed by atoms with Gasteiger partial charge in [-0.05, 0) is 12.1 Å². The molecule has 0 radical (unpaired) electrons. The summed E-state index contributed by atoms with van der Waals surface area (Å²) in [6.45, 7) is 1.56. The highest BCUT2D eigenvalue weighted by atomic mass is 19.4. The van der Waals surface area contributed by atoms with Crippen molar-refractivity contribution in [3.8, 4) is 0 Å². The first kappa shape index (κ1) is 14.9. The quantitative estimate of drug-likeness (QED) is 0.629. The summed E-state index contributed by atoms with van der Waals surface area (Å²) >= 11 is 0. The van der Waals surface area contributed by atoms with Crippen LogP contribution in [0.3, 0.4) is 0 Å². The van der Waals surface area contributed by atoms with E-state index in [1.807, 2.05) is 0 Å². The van der Waals surface area contributed by atoms with Gasteiger partial charge in [0.25, 0.3) is 5.69 Å². The molecule has 1 aromatic rings. The molecule has 0 aliphatic carbocycles. The van der Waals surface area contributed by atoms with Crippen LogP contribution in [0.4, 0.5) is 24.5 Å². The molecule has 1 rings (SSSR count). The molecule has 0 saturated carbocycles. The van der Waals surface area contributed by atoms with Gasteiger partial charge in [-0.25, -0.2) is 0 Å². The third-order valence-electron chi connectivity index (χ3n) is 2.55. The number of hydrogen-bond donors (Lipinski definition) is 0. The predicted molar refractivity (Wildman–Crippen MR) is 61.8 cm³/mol. The van der Waals surface area contributed by atoms with Crippen LogP contribution in [-0.4, -0.2) is 17.9 Å². The Morgan fingerprint density at radius 3 is 2.42 bits per heavy atom. The molecular weight excluding hydrogens is 265 g/mol. The molecule has 0 aromatic heterocycles. The number of amides is 1. The first-order valence-electron chi connectivity index (χ1n) is 5.30. The number of nitrogens with zero attached hydrogens (tertiary/aromatic N) is 2. The molecule has 19 heavy (non-hydrogen) atoms. The van der Waals surface area contributed by atoms with Gasteiger partial charge in [-0.3, -0.25) is 14.9 Å². The second-order valence-electron chi connectivity index (χ2n) is 3.76. The number of benzene rings is 1. The zero-order valence-corrected chi connectivity index (χ0v) is 10.2. The maximum atomic E-state index is 12.7. The Morgan fingerprint density at radius 2 is 2.00 bits per heavy atom. The summed E-state index contributed by atoms with van der Waals surface area (Å²) in [6.07, 6.45) is -4.73. The smallest absolute Gasteiger partial charge is 0.315 e. The lowest BCUT2D eigenvalue weighted by Crippen LogP contribution is -2.25. The molecule has 0 atom stereocenters. The van der Waals surface area contributed by atoms with Gasteiger partial charge in [0, 0.05) is 25.2 Å². The van der Waals surface area contributed by atoms with E-state index in [0.29, 0.717) is 6.07 Å². The SMILES string of the molecule is CCC(=O)N(C)c1ccc([N+](=O)[O-])c(C(F)(F)F)c1. The molecule has 5 nitrogen and oxygen atoms in total. The second-order valence-corrected chi connectivity index (χ2v) is 3.76. The van der Waals surface area contributed by atoms with Gasteiger partial charge in [-0.1, -0.05) is 6.92 Å². The van der Waals surface area contributed by atoms with E-state index in [4.69, 9.17) is 0 Å². The Hall–Kier alpha value is -2.12. The standard InChI is InChI=1S/C11H11F3N2O3/c1-3-10(17)15(2)7-4-5-9(16(18)19)8(6-7)11(12,13)14/h4-6H,3H2,1-2H3. The minimum absolute atomic E-state index is 0.0372. The minimum atomic E-state index is -4.85. The van der Waals surface area contributed by atoms with Crippen LogP contribution in [0.2, 0.25) is 0 Å². The number of carbonyl (C=O) groups is 1. The van der Waals surface area contributed by atoms with Gasteiger partial charge in [0.15, 0.2) is 0 Å². The molecular formula is C11H11F3N2O3. The van der Waals surface area contributed by atoms with Crippen molar-refractivity contribution in [2.24, 2.45) is 0 Å². The lowest BCUT2D eigenvalue weighted by Gasteiger charge is -2.18. The highest BCUT2D eigenvalue weighted by molar-refractivity contribution is 5.92. The van der Waals surface area contributed by atoms with E-state index in [-0.39, 0.29) is 18.0 Å². The van der Waals surface area contributed by atoms with Crippen LogP contribution in [0.1, 0.15) is 18.9 Å². The maximum Gasteiger partial charge on any atom is 0.423 e. The summed E-state index contributed by atoms with van der Waals surface area (Å²) in [5, 5.41) is 10.6. The van der Waals surface area contributed by atoms with Gasteiger partial charge in [-0.2, -0.15) is 13.2 Å². The molecule has 0 fully saturated rings. The molecule has 8 heteroatoms. The summed E-state index contributed by atoms with van der Waals surface area (Å²) in [6, 6.07) is 2.46. The number of hydrogen-bond acceptors (Lipinski definition) is 3. The minimum Gasteiger partial charge on any atom is -0.315 e. The van der Waals surface area contributed by atoms with Crippen molar-refractivity contribution in [3.63, 3.8) is 0 Å². The van der Waals surface area contributed by atoms with Crippen molar-refractivity contribution in [2.45, 2.75) is 19.5 Å². The van der Waals surface area contributed by atoms with Crippen molar-refractivity contribution in [1.82, 2.24) is 0 Å². The Morgan fingerprint density at radius 1 is 1.42 bits per heavy atom. The molecule has 0 unspecified atom stereocenters. The number of carbonyl (C=O) groups excluding carboxylic acids is 1. The number of anilines is 1. The fraction of sp³-hybridized carbons (Fsp3) is 0.364. The number of alkyl halides is 3. The summed E-state index contributed by atoms with van der Waals surface area (Å²) in [4.78, 5) is 21.9. The van der Waals surface area contributed by atoms with E-state index in [2.05, 4.69) is 0 Å². The molecule has 0 saturated heterocycles. The maximum absolute atomic E-state index is 12.7. The van der Waals surface area contributed by atoms with Gasteiger partial charge in [0.1, 0.15) is 5.56 Å². The van der Waals surface area contributed by atoms with Gasteiger partial charge in [0.05, 0.1) is 4.92 Å². The Balaban J connectivity index is 3.34. The van der Waals surface area contributed by atoms with Crippen LogP contribution < -0.4 is 4.90 Å². The van der Waals surface area contributed by atoms with E-state index in [1.165, 1.54) is 7.05 Å². The monoisotopic (exact) mass is 276 g/mol. The van der Waals surface area contributed by atoms with E-state index < -0.39 is 22.4 Å². The van der Waals surface area contributed by atoms with E-state index in [0.717, 1.165) is 17.0 Å². The summed E-state index contributed by atoms with van der Waals surface area (Å²) in [5.41, 5.74) is -2.44. The first-order valence-corrected chi connectivity index (χ1v) is 5.30. The molecule has 0 aliphatic heterocycles. The molecule has 0 N–H and O–H groups in total. The van der Waals surface area contributed by atoms with E-state index in [9.17, 15) is 28.1 Å². The Bertz CT molecular complexity index is 514. The van der Waals surface area contributed by atoms with Crippen LogP contribution in [0, 0.1) is 10.1 Å². The van der Waals surface area contributed by atoms with Crippen LogP contribution in [0.15, 0.2) is 18.2 Å². The third kappa shape index (κ3) is 3.21. The zero-order valence-electron chi connectivity index (χ0n) is 10.2. The molecule has 1 aromatic carbocycles. The summed E-state index contributed by atoms with van der Waals surface area (Å²) in [7, 11) is 1.31. The highest BCUT2D eigenvalue weighted by Crippen LogP contribution is 2.38. The van der Waals surface area contributed by atoms with E-state index >= 15 is 0 Å². The van der Waals surface area contributed by atoms with Crippen molar-refractivity contribution >= 4 is 17.3 Å². The van der Waals surface area contributed by atoms with Gasteiger partial charge in [-0.15, -0.1) is 0 Å². The largest absolute Gasteiger partial charge is 0.423 e. The second kappa shape index (κ2) is 5.25. The zero-order chi connectivity index (χ0) is 14.8. The highest BCUT2D eigenvalue weighted by Gasteiger charge is 2.38. The van der Waals surface area contributed by atoms with Crippen molar-refractivity contribution in [2.75, 3.05) is 11.9 Å². The Labute approximate surface area is 106 Å². The van der Waals surface area contributed by atoms with Crippen LogP contribution >= 0.6 is 0 Å². The number of nitro groups is 1. The van der Waals surface area contributed by atoms with Gasteiger partial charge >= 0.3 is 6.18 Å². The van der Waals surface area contributed by atoms with Gasteiger partial charge < -0.3 is 4.90 Å². The molecule has 0 bridgehead atoms. The molecule has 1 amide bonds. The fourth-order valence-electron chi connectivity index (χ4n) is 1.50. The third-order valence-corrected chi connectivity index (χ3v) is 2.55. The van der Waals surface area contributed by atoms with Crippen LogP contribution in [0.25, 0.3) is 0 Å². The molecule has 0 spiro atoms. The topological polar surface area (TPSA) is 63.5 Å². The van der Waals surface area contributed by atoms with Gasteiger partial charge in [0.2, 0.25) is 5.91 Å². The van der Waals surface area contributed by atoms with Crippen LogP contribution in [-0.2, 0) is 11.0 Å². The van der Waals surface area contributed by atoms with Crippen LogP contribution in [0.5, 0.6) is 0 Å². The fourth-order valence-corrected chi connectivity index (χ4v) is 1.50. The normalized spacial score (nSPS) is 11.2. The summed E-state index contributed by atoms with van der Waals surface area (Å²) in [5.74, 6) is -0.387. The average Bonchev–Trinajstić information content (AvgIpc) is 2.35. The molecule has 0 aliphatic rings. The number of nitro benzene ring substituents is 1. The van der Waals surface area contributed by atoms with E-state index in [1.54, 1.807) is 6.92 Å². The van der Waals surface area contributed by atoms with Crippen molar-refractivity contribution in [3.05, 3.63) is 33.9 Å². The predicted octanol–water partition coefficient (Wildman–Crippen LogP) is 2.99. The lowest BCUT2D eigenvalue weighted by molar-refractivity contribution is -0.388. The van der Waals surface area contributed by atoms with Crippen molar-refractivity contribution < 1.29 is 22.9 Å². The molecule has 0 heterocycles. The lowest BCUT2D eigenvalue weighted by atomic mass is 10.1. The first-order chi connectivity index (χ1) is 8.68. The summed E-state index contributed by atoms with van der Waals surface area (Å²) < 4.78 is 38.2. The average molecular weight is 276 g/mol.